The van der Waals surface area contributed by atoms with Crippen LogP contribution in [0.5, 0.6) is 0 Å². The summed E-state index contributed by atoms with van der Waals surface area (Å²) in [5.41, 5.74) is -1.15. The van der Waals surface area contributed by atoms with Crippen LogP contribution in [0, 0.1) is 0 Å². The molecule has 1 aromatic carbocycles. The van der Waals surface area contributed by atoms with Gasteiger partial charge < -0.3 is 30.7 Å². The Morgan fingerprint density at radius 3 is 1.35 bits per heavy atom. The Bertz CT molecular complexity index is 1380. The smallest absolute Gasteiger partial charge is 0.236 e. The quantitative estimate of drug-likeness (QED) is 0.407. The first-order valence-corrected chi connectivity index (χ1v) is 18.0. The number of nitrogens with zero attached hydrogens (tertiary/aromatic N) is 8. The van der Waals surface area contributed by atoms with Gasteiger partial charge in [-0.2, -0.15) is 15.0 Å². The third kappa shape index (κ3) is 7.41. The number of anilines is 4. The Labute approximate surface area is 294 Å². The van der Waals surface area contributed by atoms with E-state index in [9.17, 15) is 0 Å². The van der Waals surface area contributed by atoms with E-state index in [0.717, 1.165) is 44.2 Å². The van der Waals surface area contributed by atoms with E-state index in [1.165, 1.54) is 0 Å². The number of hydrogen-bond donors (Lipinski definition) is 1. The normalized spacial score (nSPS) is 26.0. The first-order chi connectivity index (χ1) is 22.4. The highest BCUT2D eigenvalue weighted by molar-refractivity contribution is 5.59. The van der Waals surface area contributed by atoms with Crippen LogP contribution in [0.4, 0.5) is 23.5 Å². The Hall–Kier alpha value is -2.61. The lowest BCUT2D eigenvalue weighted by molar-refractivity contribution is -0.251. The molecular weight excluding hydrogens is 618 g/mol. The fraction of sp³-hybridized carbons (Fsp3) is 0.757. The van der Waals surface area contributed by atoms with Crippen molar-refractivity contribution in [3.05, 3.63) is 30.3 Å². The Morgan fingerprint density at radius 1 is 0.571 bits per heavy atom. The van der Waals surface area contributed by atoms with E-state index >= 15 is 0 Å². The number of para-hydroxylation sites is 1. The van der Waals surface area contributed by atoms with Crippen LogP contribution in [0.15, 0.2) is 30.3 Å². The number of rotatable bonds is 7. The van der Waals surface area contributed by atoms with Gasteiger partial charge in [0.15, 0.2) is 0 Å². The van der Waals surface area contributed by atoms with Crippen molar-refractivity contribution < 1.29 is 15.6 Å². The molecule has 3 aliphatic rings. The fourth-order valence-electron chi connectivity index (χ4n) is 9.49. The number of aromatic nitrogens is 3. The lowest BCUT2D eigenvalue weighted by Crippen LogP contribution is -2.67. The fourth-order valence-corrected chi connectivity index (χ4v) is 9.49. The highest BCUT2D eigenvalue weighted by atomic mass is 16.5. The van der Waals surface area contributed by atoms with Gasteiger partial charge in [-0.15, -0.1) is 0 Å². The molecule has 3 saturated heterocycles. The lowest BCUT2D eigenvalue weighted by atomic mass is 9.75. The highest BCUT2D eigenvalue weighted by Crippen LogP contribution is 2.45. The number of piperidine rings is 3. The van der Waals surface area contributed by atoms with Crippen molar-refractivity contribution in [2.45, 2.75) is 173 Å². The summed E-state index contributed by atoms with van der Waals surface area (Å²) in [6.45, 7) is 25.9. The van der Waals surface area contributed by atoms with Gasteiger partial charge in [-0.3, -0.25) is 0 Å². The zero-order valence-electron chi connectivity index (χ0n) is 32.4. The molecule has 3 fully saturated rings. The van der Waals surface area contributed by atoms with E-state index in [1.54, 1.807) is 15.2 Å². The predicted octanol–water partition coefficient (Wildman–Crippen LogP) is 4.84. The molecule has 12 nitrogen and oxygen atoms in total. The third-order valence-electron chi connectivity index (χ3n) is 11.5. The molecule has 0 spiro atoms. The Morgan fingerprint density at radius 2 is 0.939 bits per heavy atom. The summed E-state index contributed by atoms with van der Waals surface area (Å²) in [5, 5.41) is 36.0. The zero-order chi connectivity index (χ0) is 36.5. The molecule has 1 aromatic heterocycles. The van der Waals surface area contributed by atoms with Gasteiger partial charge in [-0.25, -0.2) is 0 Å². The average molecular weight is 685 g/mol. The van der Waals surface area contributed by atoms with Crippen LogP contribution in [-0.2, 0) is 0 Å². The summed E-state index contributed by atoms with van der Waals surface area (Å²) in [4.78, 5) is 20.1. The minimum absolute atomic E-state index is 0.0648. The van der Waals surface area contributed by atoms with Crippen molar-refractivity contribution in [3.8, 4) is 0 Å². The van der Waals surface area contributed by atoms with Gasteiger partial charge in [0.1, 0.15) is 0 Å². The molecule has 7 N–H and O–H groups in total. The van der Waals surface area contributed by atoms with Gasteiger partial charge in [-0.1, -0.05) is 33.4 Å². The second-order valence-electron chi connectivity index (χ2n) is 18.8. The molecule has 0 aliphatic carbocycles. The van der Waals surface area contributed by atoms with Gasteiger partial charge in [0.25, 0.3) is 0 Å². The maximum Gasteiger partial charge on any atom is 0.236 e. The molecule has 49 heavy (non-hydrogen) atoms. The molecule has 4 heterocycles. The van der Waals surface area contributed by atoms with Crippen LogP contribution in [0.2, 0.25) is 0 Å². The minimum Gasteiger partial charge on any atom is -0.351 e. The molecule has 274 valence electrons. The van der Waals surface area contributed by atoms with Crippen LogP contribution in [0.1, 0.15) is 122 Å². The summed E-state index contributed by atoms with van der Waals surface area (Å²) in [6, 6.07) is 10.4. The standard InChI is InChI=1S/C37H63N9O3/c1-32(2)19-25(20-33(3,4)44(32)47)38-29-39-30(42(13)26-17-15-14-16-18-26)41-31(40-29)43(27-21-34(5,6)45(48)35(7,8)22-27)28-23-36(9,10)46(49)37(11,12)24-28/h14-18,25,27-28,47-49H,19-24H2,1-13H3,(H,38,39,40,41)/p+3. The summed E-state index contributed by atoms with van der Waals surface area (Å²) in [7, 11) is 2.00. The van der Waals surface area contributed by atoms with Crippen molar-refractivity contribution in [2.75, 3.05) is 22.2 Å². The molecule has 2 aromatic rings. The maximum absolute atomic E-state index is 9.06. The highest BCUT2D eigenvalue weighted by Gasteiger charge is 2.55. The van der Waals surface area contributed by atoms with E-state index < -0.39 is 0 Å². The molecule has 5 rings (SSSR count). The van der Waals surface area contributed by atoms with Crippen molar-refractivity contribution in [1.82, 2.24) is 30.1 Å². The molecule has 0 atom stereocenters. The van der Waals surface area contributed by atoms with E-state index in [1.807, 2.05) is 30.1 Å². The van der Waals surface area contributed by atoms with Crippen LogP contribution in [0.3, 0.4) is 0 Å². The first kappa shape index (κ1) is 37.6. The summed E-state index contributed by atoms with van der Waals surface area (Å²) in [6.07, 6.45) is 4.69. The molecule has 12 heteroatoms. The molecule has 0 saturated carbocycles. The average Bonchev–Trinajstić information content (AvgIpc) is 2.96. The van der Waals surface area contributed by atoms with Gasteiger partial charge in [0, 0.05) is 30.9 Å². The molecule has 0 unspecified atom stereocenters. The van der Waals surface area contributed by atoms with Gasteiger partial charge in [0.05, 0.1) is 33.2 Å². The summed E-state index contributed by atoms with van der Waals surface area (Å²) >= 11 is 0. The monoisotopic (exact) mass is 685 g/mol. The number of hydroxylamine groups is 6. The second-order valence-corrected chi connectivity index (χ2v) is 18.8. The summed E-state index contributed by atoms with van der Waals surface area (Å²) < 4.78 is 0. The van der Waals surface area contributed by atoms with Crippen LogP contribution in [-0.4, -0.2) is 104 Å². The van der Waals surface area contributed by atoms with Gasteiger partial charge >= 0.3 is 0 Å². The van der Waals surface area contributed by atoms with Crippen molar-refractivity contribution in [2.24, 2.45) is 0 Å². The Kier molecular flexibility index (Phi) is 9.65. The van der Waals surface area contributed by atoms with E-state index in [2.05, 4.69) is 105 Å². The van der Waals surface area contributed by atoms with Crippen LogP contribution in [0.25, 0.3) is 0 Å². The van der Waals surface area contributed by atoms with E-state index in [0.29, 0.717) is 17.8 Å². The molecule has 0 radical (unpaired) electrons. The topological polar surface area (TPSA) is 136 Å². The Balaban J connectivity index is 1.66. The minimum atomic E-state index is -0.370. The van der Waals surface area contributed by atoms with Crippen LogP contribution < -0.4 is 15.1 Å². The molecule has 0 amide bonds. The number of hydrogen-bond acceptors (Lipinski definition) is 9. The third-order valence-corrected chi connectivity index (χ3v) is 11.5. The number of benzene rings is 1. The van der Waals surface area contributed by atoms with Crippen molar-refractivity contribution in [3.63, 3.8) is 0 Å². The van der Waals surface area contributed by atoms with Gasteiger partial charge in [-0.05, 0) is 134 Å². The van der Waals surface area contributed by atoms with Gasteiger partial charge in [0.2, 0.25) is 17.8 Å². The second kappa shape index (κ2) is 12.6. The van der Waals surface area contributed by atoms with E-state index in [4.69, 9.17) is 30.6 Å². The van der Waals surface area contributed by atoms with Crippen molar-refractivity contribution >= 4 is 23.5 Å². The number of nitrogens with one attached hydrogen (secondary N) is 1. The summed E-state index contributed by atoms with van der Waals surface area (Å²) in [5.74, 6) is 1.74. The van der Waals surface area contributed by atoms with Crippen LogP contribution >= 0.6 is 0 Å². The lowest BCUT2D eigenvalue weighted by Gasteiger charge is -2.55. The molecule has 3 aliphatic heterocycles. The first-order valence-electron chi connectivity index (χ1n) is 18.0. The van der Waals surface area contributed by atoms with Crippen molar-refractivity contribution in [1.29, 1.82) is 0 Å². The predicted molar refractivity (Wildman–Crippen MR) is 200 cm³/mol. The molecule has 0 bridgehead atoms. The zero-order valence-corrected chi connectivity index (χ0v) is 32.4. The maximum atomic E-state index is 9.06. The SMILES string of the molecule is CN(c1ccccc1)c1nc(NC2CC(C)(C)N([OH2+])C(C)(C)C2)nc(N(C2CC(C)(C)N([OH2+])C(C)(C)C2)C2CC(C)(C)N([OH2+])C(C)(C)C2)n1. The van der Waals surface area contributed by atoms with E-state index in [-0.39, 0.29) is 51.4 Å². The molecular formula is C37H66N9O3+3. The largest absolute Gasteiger partial charge is 0.351 e.